The van der Waals surface area contributed by atoms with Gasteiger partial charge in [-0.25, -0.2) is 0 Å². The summed E-state index contributed by atoms with van der Waals surface area (Å²) < 4.78 is 43.7. The number of piperazine rings is 1. The first-order valence-corrected chi connectivity index (χ1v) is 8.89. The number of ether oxygens (including phenoxy) is 1. The van der Waals surface area contributed by atoms with E-state index in [4.69, 9.17) is 4.74 Å². The van der Waals surface area contributed by atoms with Gasteiger partial charge < -0.3 is 14.5 Å². The average Bonchev–Trinajstić information content (AvgIpc) is 2.68. The molecule has 0 bridgehead atoms. The van der Waals surface area contributed by atoms with Crippen LogP contribution in [0.4, 0.5) is 13.2 Å². The molecule has 0 aliphatic carbocycles. The largest absolute Gasteiger partial charge is 0.416 e. The molecule has 1 aromatic rings. The van der Waals surface area contributed by atoms with Crippen molar-refractivity contribution in [1.82, 2.24) is 14.7 Å². The Balaban J connectivity index is 1.54. The summed E-state index contributed by atoms with van der Waals surface area (Å²) in [7, 11) is 0. The van der Waals surface area contributed by atoms with Crippen LogP contribution in [0.15, 0.2) is 24.3 Å². The Kier molecular flexibility index (Phi) is 6.01. The van der Waals surface area contributed by atoms with E-state index < -0.39 is 17.6 Å². The molecule has 2 amide bonds. The Labute approximate surface area is 155 Å². The second-order valence-electron chi connectivity index (χ2n) is 6.64. The number of rotatable bonds is 3. The normalized spacial score (nSPS) is 19.2. The number of halogens is 3. The van der Waals surface area contributed by atoms with Crippen LogP contribution in [0.25, 0.3) is 0 Å². The van der Waals surface area contributed by atoms with Crippen molar-refractivity contribution in [3.63, 3.8) is 0 Å². The van der Waals surface area contributed by atoms with Crippen molar-refractivity contribution in [1.29, 1.82) is 0 Å². The van der Waals surface area contributed by atoms with Gasteiger partial charge in [0, 0.05) is 44.8 Å². The van der Waals surface area contributed by atoms with Gasteiger partial charge >= 0.3 is 6.18 Å². The zero-order valence-corrected chi connectivity index (χ0v) is 14.9. The molecular weight excluding hydrogens is 363 g/mol. The van der Waals surface area contributed by atoms with Gasteiger partial charge in [-0.3, -0.25) is 14.5 Å². The molecule has 6 nitrogen and oxygen atoms in total. The first kappa shape index (κ1) is 19.6. The Morgan fingerprint density at radius 1 is 0.963 bits per heavy atom. The van der Waals surface area contributed by atoms with Gasteiger partial charge in [-0.2, -0.15) is 13.2 Å². The molecule has 0 unspecified atom stereocenters. The summed E-state index contributed by atoms with van der Waals surface area (Å²) in [6.45, 7) is 4.39. The molecule has 0 saturated carbocycles. The van der Waals surface area contributed by atoms with Gasteiger partial charge in [0.2, 0.25) is 5.91 Å². The predicted molar refractivity (Wildman–Crippen MR) is 91.2 cm³/mol. The summed E-state index contributed by atoms with van der Waals surface area (Å²) in [5.74, 6) is -0.440. The summed E-state index contributed by atoms with van der Waals surface area (Å²) in [6.07, 6.45) is -4.49. The number of morpholine rings is 1. The van der Waals surface area contributed by atoms with Crippen LogP contribution in [0.5, 0.6) is 0 Å². The fraction of sp³-hybridized carbons (Fsp3) is 0.556. The third-order valence-electron chi connectivity index (χ3n) is 4.82. The van der Waals surface area contributed by atoms with E-state index in [2.05, 4.69) is 0 Å². The molecule has 0 atom stereocenters. The molecule has 2 fully saturated rings. The molecule has 3 rings (SSSR count). The maximum absolute atomic E-state index is 12.8. The van der Waals surface area contributed by atoms with Crippen molar-refractivity contribution in [2.75, 3.05) is 59.0 Å². The third-order valence-corrected chi connectivity index (χ3v) is 4.82. The highest BCUT2D eigenvalue weighted by molar-refractivity contribution is 5.94. The summed E-state index contributed by atoms with van der Waals surface area (Å²) >= 11 is 0. The SMILES string of the molecule is O=C(CN1CCOCC1)N1CCN(C(=O)c2cccc(C(F)(F)F)c2)CC1. The highest BCUT2D eigenvalue weighted by atomic mass is 19.4. The highest BCUT2D eigenvalue weighted by Gasteiger charge is 2.32. The first-order chi connectivity index (χ1) is 12.8. The number of carbonyl (C=O) groups excluding carboxylic acids is 2. The van der Waals surface area contributed by atoms with Crippen molar-refractivity contribution in [2.45, 2.75) is 6.18 Å². The van der Waals surface area contributed by atoms with Crippen LogP contribution in [-0.4, -0.2) is 85.5 Å². The highest BCUT2D eigenvalue weighted by Crippen LogP contribution is 2.29. The Bertz CT molecular complexity index is 682. The van der Waals surface area contributed by atoms with E-state index in [1.165, 1.54) is 17.0 Å². The van der Waals surface area contributed by atoms with E-state index in [-0.39, 0.29) is 11.5 Å². The zero-order valence-electron chi connectivity index (χ0n) is 14.9. The lowest BCUT2D eigenvalue weighted by molar-refractivity contribution is -0.137. The molecule has 27 heavy (non-hydrogen) atoms. The quantitative estimate of drug-likeness (QED) is 0.788. The minimum absolute atomic E-state index is 0.00284. The Morgan fingerprint density at radius 2 is 1.59 bits per heavy atom. The van der Waals surface area contributed by atoms with Gasteiger partial charge in [0.05, 0.1) is 25.3 Å². The van der Waals surface area contributed by atoms with Crippen molar-refractivity contribution >= 4 is 11.8 Å². The number of carbonyl (C=O) groups is 2. The second-order valence-corrected chi connectivity index (χ2v) is 6.64. The minimum Gasteiger partial charge on any atom is -0.379 e. The number of benzene rings is 1. The minimum atomic E-state index is -4.49. The van der Waals surface area contributed by atoms with Gasteiger partial charge in [-0.05, 0) is 18.2 Å². The van der Waals surface area contributed by atoms with Crippen LogP contribution in [0, 0.1) is 0 Å². The molecule has 9 heteroatoms. The lowest BCUT2D eigenvalue weighted by Crippen LogP contribution is -2.53. The van der Waals surface area contributed by atoms with Gasteiger partial charge in [-0.1, -0.05) is 6.07 Å². The molecular formula is C18H22F3N3O3. The number of alkyl halides is 3. The molecule has 0 radical (unpaired) electrons. The van der Waals surface area contributed by atoms with Crippen molar-refractivity contribution in [3.05, 3.63) is 35.4 Å². The molecule has 2 aliphatic heterocycles. The average molecular weight is 385 g/mol. The van der Waals surface area contributed by atoms with Crippen LogP contribution >= 0.6 is 0 Å². The van der Waals surface area contributed by atoms with Gasteiger partial charge in [0.15, 0.2) is 0 Å². The zero-order chi connectivity index (χ0) is 19.4. The number of hydrogen-bond acceptors (Lipinski definition) is 4. The maximum atomic E-state index is 12.8. The molecule has 2 saturated heterocycles. The van der Waals surface area contributed by atoms with E-state index in [0.717, 1.165) is 25.2 Å². The maximum Gasteiger partial charge on any atom is 0.416 e. The number of nitrogens with zero attached hydrogens (tertiary/aromatic N) is 3. The van der Waals surface area contributed by atoms with E-state index in [1.54, 1.807) is 4.90 Å². The topological polar surface area (TPSA) is 53.1 Å². The first-order valence-electron chi connectivity index (χ1n) is 8.89. The van der Waals surface area contributed by atoms with Crippen LogP contribution < -0.4 is 0 Å². The molecule has 0 aromatic heterocycles. The summed E-state index contributed by atoms with van der Waals surface area (Å²) in [5, 5.41) is 0. The molecule has 0 spiro atoms. The van der Waals surface area contributed by atoms with Crippen molar-refractivity contribution in [2.24, 2.45) is 0 Å². The predicted octanol–water partition coefficient (Wildman–Crippen LogP) is 1.32. The van der Waals surface area contributed by atoms with Gasteiger partial charge in [0.1, 0.15) is 0 Å². The van der Waals surface area contributed by atoms with Crippen molar-refractivity contribution in [3.8, 4) is 0 Å². The third kappa shape index (κ3) is 4.98. The summed E-state index contributed by atoms with van der Waals surface area (Å²) in [4.78, 5) is 30.1. The van der Waals surface area contributed by atoms with Crippen LogP contribution in [-0.2, 0) is 15.7 Å². The van der Waals surface area contributed by atoms with Crippen LogP contribution in [0.1, 0.15) is 15.9 Å². The van der Waals surface area contributed by atoms with Crippen LogP contribution in [0.3, 0.4) is 0 Å². The molecule has 2 heterocycles. The van der Waals surface area contributed by atoms with E-state index in [1.807, 2.05) is 4.90 Å². The smallest absolute Gasteiger partial charge is 0.379 e. The lowest BCUT2D eigenvalue weighted by Gasteiger charge is -2.36. The fourth-order valence-corrected chi connectivity index (χ4v) is 3.22. The monoisotopic (exact) mass is 385 g/mol. The van der Waals surface area contributed by atoms with E-state index in [0.29, 0.717) is 45.9 Å². The fourth-order valence-electron chi connectivity index (χ4n) is 3.22. The lowest BCUT2D eigenvalue weighted by atomic mass is 10.1. The molecule has 1 aromatic carbocycles. The summed E-state index contributed by atoms with van der Waals surface area (Å²) in [6, 6.07) is 4.43. The van der Waals surface area contributed by atoms with E-state index >= 15 is 0 Å². The number of amides is 2. The van der Waals surface area contributed by atoms with Crippen LogP contribution in [0.2, 0.25) is 0 Å². The molecule has 0 N–H and O–H groups in total. The van der Waals surface area contributed by atoms with Crippen molar-refractivity contribution < 1.29 is 27.5 Å². The van der Waals surface area contributed by atoms with Gasteiger partial charge in [0.25, 0.3) is 5.91 Å². The molecule has 2 aliphatic rings. The number of hydrogen-bond donors (Lipinski definition) is 0. The summed E-state index contributed by atoms with van der Waals surface area (Å²) in [5.41, 5.74) is -0.828. The van der Waals surface area contributed by atoms with E-state index in [9.17, 15) is 22.8 Å². The molecule has 148 valence electrons. The Hall–Kier alpha value is -2.13. The second kappa shape index (κ2) is 8.26. The van der Waals surface area contributed by atoms with Gasteiger partial charge in [-0.15, -0.1) is 0 Å². The standard InChI is InChI=1S/C18H22F3N3O3/c19-18(20,21)15-3-1-2-14(12-15)17(26)24-6-4-23(5-7-24)16(25)13-22-8-10-27-11-9-22/h1-3,12H,4-11,13H2. The Morgan fingerprint density at radius 3 is 2.22 bits per heavy atom.